The van der Waals surface area contributed by atoms with Gasteiger partial charge >= 0.3 is 5.69 Å². The number of nitrogens with zero attached hydrogens (tertiary/aromatic N) is 5. The third-order valence-corrected chi connectivity index (χ3v) is 4.95. The highest BCUT2D eigenvalue weighted by atomic mass is 16.2. The van der Waals surface area contributed by atoms with Gasteiger partial charge < -0.3 is 4.90 Å². The van der Waals surface area contributed by atoms with Crippen molar-refractivity contribution >= 4 is 17.0 Å². The fraction of sp³-hybridized carbons (Fsp3) is 0.182. The minimum Gasteiger partial charge on any atom is -0.361 e. The van der Waals surface area contributed by atoms with E-state index in [1.54, 1.807) is 7.05 Å². The molecule has 0 amide bonds. The predicted molar refractivity (Wildman–Crippen MR) is 115 cm³/mol. The summed E-state index contributed by atoms with van der Waals surface area (Å²) < 4.78 is 2.40. The normalized spacial score (nSPS) is 11.0. The monoisotopic (exact) mass is 387 g/mol. The minimum absolute atomic E-state index is 0.169. The molecular weight excluding hydrogens is 366 g/mol. The van der Waals surface area contributed by atoms with Crippen molar-refractivity contribution in [1.82, 2.24) is 19.1 Å². The summed E-state index contributed by atoms with van der Waals surface area (Å²) in [5.74, 6) is 0.591. The van der Waals surface area contributed by atoms with Crippen LogP contribution in [0.5, 0.6) is 0 Å². The zero-order chi connectivity index (χ0) is 20.7. The molecule has 2 aromatic heterocycles. The van der Waals surface area contributed by atoms with Crippen LogP contribution in [0.3, 0.4) is 0 Å². The molecule has 4 aromatic rings. The Morgan fingerprint density at radius 2 is 1.34 bits per heavy atom. The van der Waals surface area contributed by atoms with Gasteiger partial charge in [0.05, 0.1) is 0 Å². The number of rotatable bonds is 3. The molecule has 0 saturated carbocycles. The third kappa shape index (κ3) is 3.10. The van der Waals surface area contributed by atoms with E-state index in [0.717, 1.165) is 21.3 Å². The zero-order valence-corrected chi connectivity index (χ0v) is 16.7. The summed E-state index contributed by atoms with van der Waals surface area (Å²) in [6.45, 7) is 0. The Balaban J connectivity index is 1.94. The van der Waals surface area contributed by atoms with Crippen LogP contribution >= 0.6 is 0 Å². The van der Waals surface area contributed by atoms with Gasteiger partial charge in [0.1, 0.15) is 5.69 Å². The first kappa shape index (κ1) is 18.6. The number of fused-ring (bicyclic) bond motifs is 1. The summed E-state index contributed by atoms with van der Waals surface area (Å²) in [7, 11) is 6.75. The van der Waals surface area contributed by atoms with E-state index in [1.165, 1.54) is 11.6 Å². The summed E-state index contributed by atoms with van der Waals surface area (Å²) in [5, 5.41) is 0. The van der Waals surface area contributed by atoms with Crippen LogP contribution in [0.25, 0.3) is 33.5 Å². The van der Waals surface area contributed by atoms with Crippen LogP contribution in [-0.2, 0) is 14.1 Å². The highest BCUT2D eigenvalue weighted by Crippen LogP contribution is 2.29. The fourth-order valence-corrected chi connectivity index (χ4v) is 3.31. The third-order valence-electron chi connectivity index (χ3n) is 4.95. The second kappa shape index (κ2) is 7.01. The van der Waals surface area contributed by atoms with E-state index in [9.17, 15) is 9.59 Å². The Morgan fingerprint density at radius 1 is 0.759 bits per heavy atom. The standard InChI is InChI=1S/C22H21N5O2/c1-25(2)19-17(16-12-10-15(11-13-16)14-8-6-5-7-9-14)23-18-20(24-19)26(3)22(29)27(4)21(18)28/h5-13H,1-4H3. The Labute approximate surface area is 167 Å². The second-order valence-electron chi connectivity index (χ2n) is 7.11. The average molecular weight is 387 g/mol. The van der Waals surface area contributed by atoms with Crippen molar-refractivity contribution in [2.24, 2.45) is 14.1 Å². The van der Waals surface area contributed by atoms with E-state index >= 15 is 0 Å². The molecule has 29 heavy (non-hydrogen) atoms. The topological polar surface area (TPSA) is 73.0 Å². The fourth-order valence-electron chi connectivity index (χ4n) is 3.31. The first-order valence-corrected chi connectivity index (χ1v) is 9.19. The molecule has 0 N–H and O–H groups in total. The number of anilines is 1. The maximum Gasteiger partial charge on any atom is 0.332 e. The molecule has 0 aliphatic rings. The predicted octanol–water partition coefficient (Wildman–Crippen LogP) is 2.43. The van der Waals surface area contributed by atoms with Gasteiger partial charge in [-0.2, -0.15) is 0 Å². The van der Waals surface area contributed by atoms with Gasteiger partial charge in [0.25, 0.3) is 5.56 Å². The van der Waals surface area contributed by atoms with E-state index in [-0.39, 0.29) is 11.2 Å². The van der Waals surface area contributed by atoms with E-state index in [4.69, 9.17) is 0 Å². The van der Waals surface area contributed by atoms with Gasteiger partial charge in [-0.25, -0.2) is 14.8 Å². The SMILES string of the molecule is CN(C)c1nc2c(nc1-c1ccc(-c3ccccc3)cc1)c(=O)n(C)c(=O)n2C. The van der Waals surface area contributed by atoms with Crippen LogP contribution in [0, 0.1) is 0 Å². The molecule has 0 aliphatic heterocycles. The van der Waals surface area contributed by atoms with Gasteiger partial charge in [0.2, 0.25) is 0 Å². The van der Waals surface area contributed by atoms with E-state index in [0.29, 0.717) is 11.5 Å². The highest BCUT2D eigenvalue weighted by molar-refractivity contribution is 5.82. The number of aryl methyl sites for hydroxylation is 1. The second-order valence-corrected chi connectivity index (χ2v) is 7.11. The molecule has 7 heteroatoms. The summed E-state index contributed by atoms with van der Waals surface area (Å²) in [4.78, 5) is 36.0. The van der Waals surface area contributed by atoms with Crippen molar-refractivity contribution in [3.8, 4) is 22.4 Å². The summed E-state index contributed by atoms with van der Waals surface area (Å²) >= 11 is 0. The van der Waals surface area contributed by atoms with E-state index in [2.05, 4.69) is 22.1 Å². The van der Waals surface area contributed by atoms with Crippen molar-refractivity contribution < 1.29 is 0 Å². The molecule has 7 nitrogen and oxygen atoms in total. The molecule has 0 unspecified atom stereocenters. The van der Waals surface area contributed by atoms with E-state index < -0.39 is 11.2 Å². The van der Waals surface area contributed by atoms with Crippen LogP contribution in [0.1, 0.15) is 0 Å². The van der Waals surface area contributed by atoms with Gasteiger partial charge in [-0.05, 0) is 11.1 Å². The Morgan fingerprint density at radius 3 is 1.97 bits per heavy atom. The Kier molecular flexibility index (Phi) is 4.50. The molecule has 0 saturated heterocycles. The molecule has 2 heterocycles. The number of benzene rings is 2. The first-order valence-electron chi connectivity index (χ1n) is 9.19. The Hall–Kier alpha value is -3.74. The van der Waals surface area contributed by atoms with Crippen molar-refractivity contribution in [3.05, 3.63) is 75.4 Å². The van der Waals surface area contributed by atoms with Gasteiger partial charge in [-0.15, -0.1) is 0 Å². The first-order chi connectivity index (χ1) is 13.9. The molecule has 0 spiro atoms. The van der Waals surface area contributed by atoms with Crippen molar-refractivity contribution in [3.63, 3.8) is 0 Å². The average Bonchev–Trinajstić information content (AvgIpc) is 2.76. The van der Waals surface area contributed by atoms with Crippen molar-refractivity contribution in [2.75, 3.05) is 19.0 Å². The largest absolute Gasteiger partial charge is 0.361 e. The molecule has 146 valence electrons. The van der Waals surface area contributed by atoms with Crippen molar-refractivity contribution in [1.29, 1.82) is 0 Å². The molecule has 0 aliphatic carbocycles. The lowest BCUT2D eigenvalue weighted by atomic mass is 10.0. The molecule has 4 rings (SSSR count). The van der Waals surface area contributed by atoms with Crippen LogP contribution in [-0.4, -0.2) is 33.2 Å². The minimum atomic E-state index is -0.455. The summed E-state index contributed by atoms with van der Waals surface area (Å²) in [6.07, 6.45) is 0. The molecular formula is C22H21N5O2. The lowest BCUT2D eigenvalue weighted by Gasteiger charge is -2.17. The highest BCUT2D eigenvalue weighted by Gasteiger charge is 2.18. The smallest absolute Gasteiger partial charge is 0.332 e. The lowest BCUT2D eigenvalue weighted by Crippen LogP contribution is -2.38. The van der Waals surface area contributed by atoms with E-state index in [1.807, 2.05) is 61.5 Å². The Bertz CT molecular complexity index is 1320. The number of aromatic nitrogens is 4. The van der Waals surface area contributed by atoms with Crippen LogP contribution in [0.15, 0.2) is 64.2 Å². The lowest BCUT2D eigenvalue weighted by molar-refractivity contribution is 0.704. The quantitative estimate of drug-likeness (QED) is 0.540. The number of hydrogen-bond acceptors (Lipinski definition) is 5. The zero-order valence-electron chi connectivity index (χ0n) is 16.7. The van der Waals surface area contributed by atoms with Crippen LogP contribution in [0.2, 0.25) is 0 Å². The van der Waals surface area contributed by atoms with Gasteiger partial charge in [0, 0.05) is 33.8 Å². The van der Waals surface area contributed by atoms with Crippen molar-refractivity contribution in [2.45, 2.75) is 0 Å². The molecule has 0 radical (unpaired) electrons. The van der Waals surface area contributed by atoms with Crippen LogP contribution < -0.4 is 16.1 Å². The maximum atomic E-state index is 12.6. The van der Waals surface area contributed by atoms with Gasteiger partial charge in [-0.1, -0.05) is 54.6 Å². The summed E-state index contributed by atoms with van der Waals surface area (Å²) in [5.41, 5.74) is 3.21. The maximum absolute atomic E-state index is 12.6. The van der Waals surface area contributed by atoms with Gasteiger partial charge in [-0.3, -0.25) is 13.9 Å². The van der Waals surface area contributed by atoms with Gasteiger partial charge in [0.15, 0.2) is 17.0 Å². The molecule has 2 aromatic carbocycles. The number of hydrogen-bond donors (Lipinski definition) is 0. The van der Waals surface area contributed by atoms with Crippen LogP contribution in [0.4, 0.5) is 5.82 Å². The summed E-state index contributed by atoms with van der Waals surface area (Å²) in [6, 6.07) is 18.1. The molecule has 0 fully saturated rings. The molecule has 0 bridgehead atoms. The molecule has 0 atom stereocenters.